The number of nitro benzene ring substituents is 1. The van der Waals surface area contributed by atoms with Gasteiger partial charge in [0, 0.05) is 30.4 Å². The third-order valence-electron chi connectivity index (χ3n) is 4.38. The monoisotopic (exact) mass is 389 g/mol. The van der Waals surface area contributed by atoms with E-state index in [4.69, 9.17) is 0 Å². The zero-order chi connectivity index (χ0) is 19.4. The summed E-state index contributed by atoms with van der Waals surface area (Å²) in [6.45, 7) is 1.45. The van der Waals surface area contributed by atoms with E-state index in [9.17, 15) is 23.3 Å². The average Bonchev–Trinajstić information content (AvgIpc) is 2.68. The van der Waals surface area contributed by atoms with Gasteiger partial charge in [-0.2, -0.15) is 0 Å². The van der Waals surface area contributed by atoms with Crippen LogP contribution in [0.4, 0.5) is 11.4 Å². The maximum absolute atomic E-state index is 12.5. The summed E-state index contributed by atoms with van der Waals surface area (Å²) in [4.78, 5) is 24.1. The van der Waals surface area contributed by atoms with Crippen molar-refractivity contribution < 1.29 is 18.1 Å². The van der Waals surface area contributed by atoms with Gasteiger partial charge in [-0.05, 0) is 49.6 Å². The molecule has 0 bridgehead atoms. The summed E-state index contributed by atoms with van der Waals surface area (Å²) in [7, 11) is -4.13. The highest BCUT2D eigenvalue weighted by molar-refractivity contribution is 7.92. The van der Waals surface area contributed by atoms with Crippen LogP contribution in [0.2, 0.25) is 0 Å². The van der Waals surface area contributed by atoms with Crippen LogP contribution in [0, 0.1) is 10.1 Å². The zero-order valence-corrected chi connectivity index (χ0v) is 15.3. The molecule has 0 atom stereocenters. The molecular formula is C18H19N3O5S. The fourth-order valence-corrected chi connectivity index (χ4v) is 4.24. The molecule has 0 radical (unpaired) electrons. The fraction of sp³-hybridized carbons (Fsp3) is 0.278. The van der Waals surface area contributed by atoms with Crippen molar-refractivity contribution >= 4 is 27.3 Å². The van der Waals surface area contributed by atoms with Crippen LogP contribution in [0.3, 0.4) is 0 Å². The molecule has 0 spiro atoms. The maximum atomic E-state index is 12.5. The van der Waals surface area contributed by atoms with Crippen LogP contribution in [-0.4, -0.2) is 37.2 Å². The van der Waals surface area contributed by atoms with E-state index in [0.717, 1.165) is 38.4 Å². The number of hydrogen-bond acceptors (Lipinski definition) is 5. The van der Waals surface area contributed by atoms with E-state index < -0.39 is 25.5 Å². The van der Waals surface area contributed by atoms with Crippen molar-refractivity contribution in [3.05, 3.63) is 64.2 Å². The minimum absolute atomic E-state index is 0.0807. The molecule has 2 aromatic carbocycles. The number of likely N-dealkylation sites (tertiary alicyclic amines) is 1. The first-order valence-corrected chi connectivity index (χ1v) is 10.0. The highest BCUT2D eigenvalue weighted by Crippen LogP contribution is 2.25. The van der Waals surface area contributed by atoms with E-state index >= 15 is 0 Å². The van der Waals surface area contributed by atoms with Crippen LogP contribution < -0.4 is 4.72 Å². The Bertz CT molecular complexity index is 951. The van der Waals surface area contributed by atoms with Crippen molar-refractivity contribution in [3.8, 4) is 0 Å². The lowest BCUT2D eigenvalue weighted by molar-refractivity contribution is -0.387. The molecule has 0 aromatic heterocycles. The first-order valence-electron chi connectivity index (χ1n) is 8.54. The van der Waals surface area contributed by atoms with Crippen molar-refractivity contribution in [1.82, 2.24) is 4.90 Å². The summed E-state index contributed by atoms with van der Waals surface area (Å²) in [5.41, 5.74) is 0.204. The lowest BCUT2D eigenvalue weighted by Crippen LogP contribution is -2.35. The smallest absolute Gasteiger partial charge is 0.289 e. The second kappa shape index (κ2) is 7.75. The molecule has 2 aromatic rings. The van der Waals surface area contributed by atoms with E-state index in [1.165, 1.54) is 30.3 Å². The van der Waals surface area contributed by atoms with Gasteiger partial charge in [0.05, 0.1) is 4.92 Å². The maximum Gasteiger partial charge on any atom is 0.289 e. The molecule has 1 aliphatic rings. The van der Waals surface area contributed by atoms with E-state index in [0.29, 0.717) is 5.56 Å². The quantitative estimate of drug-likeness (QED) is 0.624. The standard InChI is InChI=1S/C18H19N3O5S/c22-18(20-12-4-1-5-13-20)14-8-10-15(11-9-14)19-27(25,26)17-7-3-2-6-16(17)21(23)24/h2-3,6-11,19H,1,4-5,12-13H2. The van der Waals surface area contributed by atoms with Crippen molar-refractivity contribution in [2.75, 3.05) is 17.8 Å². The Morgan fingerprint density at radius 1 is 1.00 bits per heavy atom. The van der Waals surface area contributed by atoms with Gasteiger partial charge >= 0.3 is 0 Å². The molecule has 1 amide bonds. The van der Waals surface area contributed by atoms with Gasteiger partial charge in [0.1, 0.15) is 0 Å². The van der Waals surface area contributed by atoms with Crippen LogP contribution in [0.5, 0.6) is 0 Å². The van der Waals surface area contributed by atoms with Crippen LogP contribution in [0.25, 0.3) is 0 Å². The highest BCUT2D eigenvalue weighted by atomic mass is 32.2. The van der Waals surface area contributed by atoms with Gasteiger partial charge in [0.2, 0.25) is 0 Å². The summed E-state index contributed by atoms with van der Waals surface area (Å²) in [6.07, 6.45) is 3.09. The molecule has 1 fully saturated rings. The average molecular weight is 389 g/mol. The normalized spacial score (nSPS) is 14.6. The summed E-state index contributed by atoms with van der Waals surface area (Å²) in [5, 5.41) is 11.1. The Balaban J connectivity index is 1.78. The minimum Gasteiger partial charge on any atom is -0.339 e. The molecule has 0 unspecified atom stereocenters. The van der Waals surface area contributed by atoms with Gasteiger partial charge in [-0.15, -0.1) is 0 Å². The Kier molecular flexibility index (Phi) is 5.41. The summed E-state index contributed by atoms with van der Waals surface area (Å²) >= 11 is 0. The van der Waals surface area contributed by atoms with Crippen molar-refractivity contribution in [3.63, 3.8) is 0 Å². The molecule has 27 heavy (non-hydrogen) atoms. The number of nitrogens with one attached hydrogen (secondary N) is 1. The third-order valence-corrected chi connectivity index (χ3v) is 5.81. The number of amides is 1. The molecule has 9 heteroatoms. The number of nitro groups is 1. The van der Waals surface area contributed by atoms with Gasteiger partial charge in [0.25, 0.3) is 21.6 Å². The number of hydrogen-bond donors (Lipinski definition) is 1. The van der Waals surface area contributed by atoms with Crippen LogP contribution in [-0.2, 0) is 10.0 Å². The number of nitrogens with zero attached hydrogens (tertiary/aromatic N) is 2. The lowest BCUT2D eigenvalue weighted by Gasteiger charge is -2.26. The summed E-state index contributed by atoms with van der Waals surface area (Å²) in [6, 6.07) is 11.2. The molecule has 8 nitrogen and oxygen atoms in total. The molecule has 0 aliphatic carbocycles. The number of piperidine rings is 1. The Labute approximate surface area is 157 Å². The predicted molar refractivity (Wildman–Crippen MR) is 100 cm³/mol. The predicted octanol–water partition coefficient (Wildman–Crippen LogP) is 3.02. The van der Waals surface area contributed by atoms with E-state index in [-0.39, 0.29) is 11.6 Å². The molecule has 1 heterocycles. The van der Waals surface area contributed by atoms with E-state index in [2.05, 4.69) is 4.72 Å². The lowest BCUT2D eigenvalue weighted by atomic mass is 10.1. The molecule has 1 N–H and O–H groups in total. The number of anilines is 1. The Morgan fingerprint density at radius 3 is 2.26 bits per heavy atom. The molecular weight excluding hydrogens is 370 g/mol. The summed E-state index contributed by atoms with van der Waals surface area (Å²) in [5.74, 6) is -0.0807. The van der Waals surface area contributed by atoms with Gasteiger partial charge in [0.15, 0.2) is 4.90 Å². The molecule has 0 saturated carbocycles. The SMILES string of the molecule is O=C(c1ccc(NS(=O)(=O)c2ccccc2[N+](=O)[O-])cc1)N1CCCCC1. The molecule has 142 valence electrons. The molecule has 3 rings (SSSR count). The number of benzene rings is 2. The van der Waals surface area contributed by atoms with E-state index in [1.807, 2.05) is 0 Å². The molecule has 1 saturated heterocycles. The van der Waals surface area contributed by atoms with Crippen LogP contribution >= 0.6 is 0 Å². The highest BCUT2D eigenvalue weighted by Gasteiger charge is 2.25. The minimum atomic E-state index is -4.13. The van der Waals surface area contributed by atoms with Crippen LogP contribution in [0.15, 0.2) is 53.4 Å². The number of sulfonamides is 1. The Hall–Kier alpha value is -2.94. The van der Waals surface area contributed by atoms with Gasteiger partial charge in [-0.25, -0.2) is 8.42 Å². The third kappa shape index (κ3) is 4.25. The topological polar surface area (TPSA) is 110 Å². The number of rotatable bonds is 5. The van der Waals surface area contributed by atoms with Crippen molar-refractivity contribution in [2.24, 2.45) is 0 Å². The van der Waals surface area contributed by atoms with Crippen LogP contribution in [0.1, 0.15) is 29.6 Å². The zero-order valence-electron chi connectivity index (χ0n) is 14.5. The first kappa shape index (κ1) is 18.8. The van der Waals surface area contributed by atoms with Crippen molar-refractivity contribution in [2.45, 2.75) is 24.2 Å². The van der Waals surface area contributed by atoms with Gasteiger partial charge < -0.3 is 4.90 Å². The van der Waals surface area contributed by atoms with Gasteiger partial charge in [-0.1, -0.05) is 12.1 Å². The largest absolute Gasteiger partial charge is 0.339 e. The van der Waals surface area contributed by atoms with E-state index in [1.54, 1.807) is 17.0 Å². The Morgan fingerprint density at radius 2 is 1.63 bits per heavy atom. The fourth-order valence-electron chi connectivity index (χ4n) is 3.01. The first-order chi connectivity index (χ1) is 12.9. The number of carbonyl (C=O) groups is 1. The summed E-state index contributed by atoms with van der Waals surface area (Å²) < 4.78 is 27.3. The second-order valence-corrected chi connectivity index (χ2v) is 7.91. The van der Waals surface area contributed by atoms with Gasteiger partial charge in [-0.3, -0.25) is 19.6 Å². The number of carbonyl (C=O) groups excluding carboxylic acids is 1. The second-order valence-electron chi connectivity index (χ2n) is 6.26. The molecule has 1 aliphatic heterocycles. The number of para-hydroxylation sites is 1. The van der Waals surface area contributed by atoms with Crippen molar-refractivity contribution in [1.29, 1.82) is 0 Å².